The average Bonchev–Trinajstić information content (AvgIpc) is 2.71. The number of carbonyl (C=O) groups is 1. The molecule has 1 aliphatic rings. The van der Waals surface area contributed by atoms with Gasteiger partial charge in [-0.15, -0.1) is 0 Å². The summed E-state index contributed by atoms with van der Waals surface area (Å²) in [4.78, 5) is 17.2. The van der Waals surface area contributed by atoms with Gasteiger partial charge in [0, 0.05) is 31.9 Å². The highest BCUT2D eigenvalue weighted by Crippen LogP contribution is 2.23. The first-order chi connectivity index (χ1) is 13.2. The molecule has 0 amide bonds. The number of aromatic nitrogens is 1. The van der Waals surface area contributed by atoms with Crippen molar-refractivity contribution in [3.8, 4) is 5.88 Å². The van der Waals surface area contributed by atoms with Crippen LogP contribution < -0.4 is 4.74 Å². The first-order valence-corrected chi connectivity index (χ1v) is 9.47. The van der Waals surface area contributed by atoms with Gasteiger partial charge in [-0.2, -0.15) is 0 Å². The number of hydrogen-bond donors (Lipinski definition) is 1. The molecule has 0 unspecified atom stereocenters. The third-order valence-electron chi connectivity index (χ3n) is 4.74. The number of aliphatic carboxylic acids is 1. The molecule has 1 aliphatic heterocycles. The molecule has 142 valence electrons. The molecule has 1 aromatic heterocycles. The Hall–Kier alpha value is -2.66. The minimum absolute atomic E-state index is 0.195. The van der Waals surface area contributed by atoms with E-state index < -0.39 is 5.97 Å². The lowest BCUT2D eigenvalue weighted by atomic mass is 10.0. The number of pyridine rings is 1. The number of carboxylic acid groups (broad SMARTS) is 1. The Bertz CT molecular complexity index is 757. The Balaban J connectivity index is 1.43. The van der Waals surface area contributed by atoms with Crippen LogP contribution in [0, 0.1) is 0 Å². The summed E-state index contributed by atoms with van der Waals surface area (Å²) in [6.07, 6.45) is 7.11. The summed E-state index contributed by atoms with van der Waals surface area (Å²) >= 11 is 0. The molecule has 1 aromatic carbocycles. The molecular formula is C22H26N2O3. The number of rotatable bonds is 9. The first-order valence-electron chi connectivity index (χ1n) is 9.47. The molecule has 1 N–H and O–H groups in total. The predicted molar refractivity (Wildman–Crippen MR) is 106 cm³/mol. The maximum Gasteiger partial charge on any atom is 0.304 e. The van der Waals surface area contributed by atoms with Gasteiger partial charge in [0.2, 0.25) is 5.88 Å². The molecule has 3 rings (SSSR count). The van der Waals surface area contributed by atoms with Gasteiger partial charge in [0.15, 0.2) is 0 Å². The van der Waals surface area contributed by atoms with Crippen LogP contribution in [0.4, 0.5) is 0 Å². The van der Waals surface area contributed by atoms with Gasteiger partial charge >= 0.3 is 5.97 Å². The van der Waals surface area contributed by atoms with Crippen molar-refractivity contribution in [2.75, 3.05) is 26.2 Å². The number of benzene rings is 1. The lowest BCUT2D eigenvalue weighted by Gasteiger charge is -2.25. The zero-order valence-corrected chi connectivity index (χ0v) is 15.5. The Morgan fingerprint density at radius 1 is 1.19 bits per heavy atom. The normalized spacial score (nSPS) is 14.6. The Morgan fingerprint density at radius 3 is 2.70 bits per heavy atom. The van der Waals surface area contributed by atoms with Gasteiger partial charge in [0.25, 0.3) is 0 Å². The molecule has 5 nitrogen and oxygen atoms in total. The van der Waals surface area contributed by atoms with Gasteiger partial charge in [-0.25, -0.2) is 4.98 Å². The highest BCUT2D eigenvalue weighted by atomic mass is 16.5. The second kappa shape index (κ2) is 9.88. The minimum atomic E-state index is -0.742. The molecule has 0 atom stereocenters. The Morgan fingerprint density at radius 2 is 2.04 bits per heavy atom. The van der Waals surface area contributed by atoms with Crippen molar-refractivity contribution >= 4 is 11.5 Å². The zero-order valence-electron chi connectivity index (χ0n) is 15.5. The molecule has 5 heteroatoms. The lowest BCUT2D eigenvalue weighted by Crippen LogP contribution is -2.30. The monoisotopic (exact) mass is 366 g/mol. The molecule has 0 fully saturated rings. The van der Waals surface area contributed by atoms with E-state index in [0.717, 1.165) is 37.9 Å². The van der Waals surface area contributed by atoms with E-state index in [9.17, 15) is 4.79 Å². The van der Waals surface area contributed by atoms with Gasteiger partial charge in [-0.05, 0) is 42.0 Å². The number of ether oxygens (including phenoxy) is 1. The second-order valence-electron chi connectivity index (χ2n) is 6.75. The fraction of sp³-hybridized carbons (Fsp3) is 0.364. The summed E-state index contributed by atoms with van der Waals surface area (Å²) in [5.41, 5.74) is 3.71. The molecule has 27 heavy (non-hydrogen) atoms. The van der Waals surface area contributed by atoms with Crippen LogP contribution in [0.3, 0.4) is 0 Å². The molecule has 0 aliphatic carbocycles. The van der Waals surface area contributed by atoms with E-state index in [2.05, 4.69) is 46.3 Å². The number of nitrogens with zero attached hydrogens (tertiary/aromatic N) is 2. The number of hydrogen-bond acceptors (Lipinski definition) is 4. The maximum absolute atomic E-state index is 10.7. The van der Waals surface area contributed by atoms with Gasteiger partial charge in [-0.3, -0.25) is 9.69 Å². The average molecular weight is 366 g/mol. The minimum Gasteiger partial charge on any atom is -0.481 e. The van der Waals surface area contributed by atoms with Crippen LogP contribution in [-0.4, -0.2) is 47.2 Å². The van der Waals surface area contributed by atoms with E-state index >= 15 is 0 Å². The fourth-order valence-electron chi connectivity index (χ4n) is 3.18. The third-order valence-corrected chi connectivity index (χ3v) is 4.74. The second-order valence-corrected chi connectivity index (χ2v) is 6.75. The lowest BCUT2D eigenvalue weighted by molar-refractivity contribution is -0.137. The topological polar surface area (TPSA) is 62.7 Å². The maximum atomic E-state index is 10.7. The number of carboxylic acids is 1. The molecule has 0 radical (unpaired) electrons. The Labute approximate surface area is 160 Å². The third kappa shape index (κ3) is 6.22. The van der Waals surface area contributed by atoms with Crippen LogP contribution in [0.15, 0.2) is 54.7 Å². The molecule has 0 saturated carbocycles. The van der Waals surface area contributed by atoms with Crippen LogP contribution in [0.25, 0.3) is 5.57 Å². The van der Waals surface area contributed by atoms with Crippen molar-refractivity contribution in [3.63, 3.8) is 0 Å². The fourth-order valence-corrected chi connectivity index (χ4v) is 3.18. The van der Waals surface area contributed by atoms with E-state index in [-0.39, 0.29) is 6.42 Å². The summed E-state index contributed by atoms with van der Waals surface area (Å²) in [5, 5.41) is 8.77. The van der Waals surface area contributed by atoms with Crippen molar-refractivity contribution in [1.82, 2.24) is 9.88 Å². The van der Waals surface area contributed by atoms with E-state index in [1.54, 1.807) is 0 Å². The van der Waals surface area contributed by atoms with Gasteiger partial charge in [0.1, 0.15) is 0 Å². The van der Waals surface area contributed by atoms with Crippen LogP contribution in [0.5, 0.6) is 5.88 Å². The van der Waals surface area contributed by atoms with E-state index in [4.69, 9.17) is 9.84 Å². The summed E-state index contributed by atoms with van der Waals surface area (Å²) in [6, 6.07) is 14.4. The first kappa shape index (κ1) is 19.1. The molecule has 0 spiro atoms. The highest BCUT2D eigenvalue weighted by molar-refractivity contribution is 5.67. The van der Waals surface area contributed by atoms with Crippen molar-refractivity contribution < 1.29 is 14.6 Å². The van der Waals surface area contributed by atoms with E-state index in [1.165, 1.54) is 11.1 Å². The summed E-state index contributed by atoms with van der Waals surface area (Å²) in [7, 11) is 0. The summed E-state index contributed by atoms with van der Waals surface area (Å²) in [6.45, 7) is 2.94. The van der Waals surface area contributed by atoms with Crippen molar-refractivity contribution in [1.29, 1.82) is 0 Å². The van der Waals surface area contributed by atoms with Crippen LogP contribution in [0.2, 0.25) is 0 Å². The molecular weight excluding hydrogens is 340 g/mol. The zero-order chi connectivity index (χ0) is 18.9. The quantitative estimate of drug-likeness (QED) is 0.686. The highest BCUT2D eigenvalue weighted by Gasteiger charge is 2.14. The SMILES string of the molecule is O=C(O)CCN1CC=C(c2ccc(OCCCc3ccccc3)nc2)CC1. The van der Waals surface area contributed by atoms with E-state index in [0.29, 0.717) is 19.0 Å². The van der Waals surface area contributed by atoms with Crippen molar-refractivity contribution in [3.05, 3.63) is 65.9 Å². The Kier molecular flexibility index (Phi) is 6.99. The molecule has 0 saturated heterocycles. The van der Waals surface area contributed by atoms with Gasteiger partial charge in [-0.1, -0.05) is 36.4 Å². The van der Waals surface area contributed by atoms with Crippen LogP contribution >= 0.6 is 0 Å². The van der Waals surface area contributed by atoms with E-state index in [1.807, 2.05) is 18.3 Å². The standard InChI is InChI=1S/C22H26N2O3/c25-22(26)12-15-24-13-10-19(11-14-24)20-8-9-21(23-17-20)27-16-4-7-18-5-2-1-3-6-18/h1-3,5-6,8-10,17H,4,7,11-16H2,(H,25,26). The summed E-state index contributed by atoms with van der Waals surface area (Å²) in [5.74, 6) is -0.0837. The largest absolute Gasteiger partial charge is 0.481 e. The smallest absolute Gasteiger partial charge is 0.304 e. The van der Waals surface area contributed by atoms with Crippen molar-refractivity contribution in [2.24, 2.45) is 0 Å². The van der Waals surface area contributed by atoms with Gasteiger partial charge in [0.05, 0.1) is 13.0 Å². The molecule has 0 bridgehead atoms. The van der Waals surface area contributed by atoms with Crippen LogP contribution in [0.1, 0.15) is 30.4 Å². The number of aryl methyl sites for hydroxylation is 1. The summed E-state index contributed by atoms with van der Waals surface area (Å²) < 4.78 is 5.75. The molecule has 2 aromatic rings. The molecule has 2 heterocycles. The van der Waals surface area contributed by atoms with Crippen LogP contribution in [-0.2, 0) is 11.2 Å². The van der Waals surface area contributed by atoms with Crippen molar-refractivity contribution in [2.45, 2.75) is 25.7 Å². The predicted octanol–water partition coefficient (Wildman–Crippen LogP) is 3.66. The van der Waals surface area contributed by atoms with Gasteiger partial charge < -0.3 is 9.84 Å².